The fraction of sp³-hybridized carbons (Fsp3) is 0.269. The van der Waals surface area contributed by atoms with Gasteiger partial charge in [0.05, 0.1) is 24.8 Å². The Morgan fingerprint density at radius 2 is 1.47 bits per heavy atom. The maximum Gasteiger partial charge on any atom is 0.264 e. The number of carbonyl (C=O) groups is 1. The first-order chi connectivity index (χ1) is 16.3. The smallest absolute Gasteiger partial charge is 0.264 e. The highest BCUT2D eigenvalue weighted by molar-refractivity contribution is 7.92. The number of nitrogens with zero attached hydrogens (tertiary/aromatic N) is 1. The van der Waals surface area contributed by atoms with E-state index in [1.54, 1.807) is 30.3 Å². The van der Waals surface area contributed by atoms with E-state index in [0.717, 1.165) is 34.0 Å². The van der Waals surface area contributed by atoms with Crippen LogP contribution in [0.4, 0.5) is 11.4 Å². The topological polar surface area (TPSA) is 84.9 Å². The molecular formula is C26H30N2O5S. The van der Waals surface area contributed by atoms with Gasteiger partial charge in [0.1, 0.15) is 6.54 Å². The Hall–Kier alpha value is -3.52. The number of nitrogens with one attached hydrogen (secondary N) is 1. The number of hydrogen-bond donors (Lipinski definition) is 1. The summed E-state index contributed by atoms with van der Waals surface area (Å²) in [6, 6.07) is 18.8. The highest BCUT2D eigenvalue weighted by Crippen LogP contribution is 2.32. The molecule has 7 nitrogen and oxygen atoms in total. The quantitative estimate of drug-likeness (QED) is 0.454. The molecule has 0 heterocycles. The number of sulfonamides is 1. The molecule has 3 aromatic carbocycles. The van der Waals surface area contributed by atoms with E-state index < -0.39 is 15.9 Å². The monoisotopic (exact) mass is 482 g/mol. The van der Waals surface area contributed by atoms with Crippen LogP contribution in [0, 0.1) is 0 Å². The van der Waals surface area contributed by atoms with Gasteiger partial charge < -0.3 is 14.8 Å². The zero-order chi connectivity index (χ0) is 24.7. The molecule has 0 saturated carbocycles. The van der Waals surface area contributed by atoms with Crippen molar-refractivity contribution >= 4 is 27.3 Å². The Balaban J connectivity index is 2.00. The summed E-state index contributed by atoms with van der Waals surface area (Å²) in [7, 11) is -1.18. The number of hydrogen-bond acceptors (Lipinski definition) is 5. The number of anilines is 2. The molecule has 8 heteroatoms. The predicted octanol–water partition coefficient (Wildman–Crippen LogP) is 4.66. The van der Waals surface area contributed by atoms with Crippen LogP contribution < -0.4 is 19.1 Å². The van der Waals surface area contributed by atoms with Crippen LogP contribution in [-0.4, -0.2) is 35.1 Å². The minimum atomic E-state index is -4.09. The molecule has 1 amide bonds. The molecule has 1 N–H and O–H groups in total. The van der Waals surface area contributed by atoms with Gasteiger partial charge in [-0.2, -0.15) is 0 Å². The van der Waals surface area contributed by atoms with Crippen LogP contribution in [-0.2, 0) is 27.7 Å². The summed E-state index contributed by atoms with van der Waals surface area (Å²) in [6.07, 6.45) is 1.49. The second-order valence-electron chi connectivity index (χ2n) is 7.57. The van der Waals surface area contributed by atoms with Crippen molar-refractivity contribution in [3.8, 4) is 11.5 Å². The van der Waals surface area contributed by atoms with Crippen molar-refractivity contribution in [2.45, 2.75) is 31.6 Å². The third-order valence-corrected chi connectivity index (χ3v) is 7.31. The molecule has 3 aromatic rings. The second-order valence-corrected chi connectivity index (χ2v) is 9.43. The summed E-state index contributed by atoms with van der Waals surface area (Å²) >= 11 is 0. The first kappa shape index (κ1) is 25.1. The van der Waals surface area contributed by atoms with Crippen LogP contribution in [0.5, 0.6) is 11.5 Å². The molecule has 0 radical (unpaired) electrons. The van der Waals surface area contributed by atoms with Crippen LogP contribution >= 0.6 is 0 Å². The minimum absolute atomic E-state index is 0.00925. The van der Waals surface area contributed by atoms with E-state index >= 15 is 0 Å². The number of amides is 1. The van der Waals surface area contributed by atoms with E-state index in [4.69, 9.17) is 9.47 Å². The van der Waals surface area contributed by atoms with Crippen molar-refractivity contribution in [1.82, 2.24) is 0 Å². The number of carbonyl (C=O) groups excluding carboxylic acids is 1. The molecule has 0 spiro atoms. The van der Waals surface area contributed by atoms with Gasteiger partial charge in [0.25, 0.3) is 10.0 Å². The third kappa shape index (κ3) is 5.34. The van der Waals surface area contributed by atoms with E-state index in [9.17, 15) is 13.2 Å². The second kappa shape index (κ2) is 11.1. The largest absolute Gasteiger partial charge is 0.493 e. The lowest BCUT2D eigenvalue weighted by atomic mass is 10.0. The molecular weight excluding hydrogens is 452 g/mol. The average molecular weight is 483 g/mol. The van der Waals surface area contributed by atoms with Crippen LogP contribution in [0.1, 0.15) is 25.0 Å². The number of aryl methyl sites for hydroxylation is 2. The normalized spacial score (nSPS) is 11.1. The molecule has 0 aliphatic carbocycles. The predicted molar refractivity (Wildman–Crippen MR) is 134 cm³/mol. The van der Waals surface area contributed by atoms with Crippen molar-refractivity contribution in [2.75, 3.05) is 30.4 Å². The lowest BCUT2D eigenvalue weighted by Gasteiger charge is -2.25. The number of benzene rings is 3. The van der Waals surface area contributed by atoms with Crippen molar-refractivity contribution in [2.24, 2.45) is 0 Å². The summed E-state index contributed by atoms with van der Waals surface area (Å²) < 4.78 is 39.0. The Kier molecular flexibility index (Phi) is 8.17. The summed E-state index contributed by atoms with van der Waals surface area (Å²) in [6.45, 7) is 3.65. The zero-order valence-electron chi connectivity index (χ0n) is 19.9. The molecule has 0 aromatic heterocycles. The molecule has 0 unspecified atom stereocenters. The van der Waals surface area contributed by atoms with E-state index in [1.807, 2.05) is 32.0 Å². The SMILES string of the molecule is CCc1cccc(CC)c1NC(=O)CN(c1ccccc1)S(=O)(=O)c1ccc(OC)c(OC)c1. The summed E-state index contributed by atoms with van der Waals surface area (Å²) in [4.78, 5) is 13.2. The van der Waals surface area contributed by atoms with E-state index in [1.165, 1.54) is 32.4 Å². The fourth-order valence-electron chi connectivity index (χ4n) is 3.73. The van der Waals surface area contributed by atoms with Crippen LogP contribution in [0.3, 0.4) is 0 Å². The molecule has 0 aliphatic heterocycles. The van der Waals surface area contributed by atoms with Gasteiger partial charge in [-0.3, -0.25) is 9.10 Å². The Morgan fingerprint density at radius 3 is 2.03 bits per heavy atom. The van der Waals surface area contributed by atoms with Crippen LogP contribution in [0.2, 0.25) is 0 Å². The minimum Gasteiger partial charge on any atom is -0.493 e. The van der Waals surface area contributed by atoms with Crippen molar-refractivity contribution in [3.05, 3.63) is 77.9 Å². The Bertz CT molecular complexity index is 1220. The molecule has 0 atom stereocenters. The molecule has 0 fully saturated rings. The summed E-state index contributed by atoms with van der Waals surface area (Å²) in [5.41, 5.74) is 3.13. The van der Waals surface area contributed by atoms with Gasteiger partial charge >= 0.3 is 0 Å². The van der Waals surface area contributed by atoms with E-state index in [0.29, 0.717) is 11.4 Å². The molecule has 3 rings (SSSR count). The molecule has 180 valence electrons. The fourth-order valence-corrected chi connectivity index (χ4v) is 5.16. The first-order valence-corrected chi connectivity index (χ1v) is 12.5. The van der Waals surface area contributed by atoms with Gasteiger partial charge in [0.2, 0.25) is 5.91 Å². The van der Waals surface area contributed by atoms with E-state index in [2.05, 4.69) is 5.32 Å². The van der Waals surface area contributed by atoms with Gasteiger partial charge in [-0.15, -0.1) is 0 Å². The van der Waals surface area contributed by atoms with Gasteiger partial charge in [-0.05, 0) is 48.2 Å². The average Bonchev–Trinajstić information content (AvgIpc) is 2.87. The third-order valence-electron chi connectivity index (χ3n) is 5.54. The van der Waals surface area contributed by atoms with Gasteiger partial charge in [0.15, 0.2) is 11.5 Å². The maximum absolute atomic E-state index is 13.7. The molecule has 0 bridgehead atoms. The van der Waals surface area contributed by atoms with Gasteiger partial charge in [0, 0.05) is 11.8 Å². The van der Waals surface area contributed by atoms with Gasteiger partial charge in [-0.1, -0.05) is 50.2 Å². The highest BCUT2D eigenvalue weighted by atomic mass is 32.2. The van der Waals surface area contributed by atoms with Crippen molar-refractivity contribution < 1.29 is 22.7 Å². The number of ether oxygens (including phenoxy) is 2. The van der Waals surface area contributed by atoms with Crippen LogP contribution in [0.25, 0.3) is 0 Å². The number of rotatable bonds is 10. The van der Waals surface area contributed by atoms with Gasteiger partial charge in [-0.25, -0.2) is 8.42 Å². The molecule has 0 saturated heterocycles. The lowest BCUT2D eigenvalue weighted by Crippen LogP contribution is -2.38. The standard InChI is InChI=1S/C26H30N2O5S/c1-5-19-11-10-12-20(6-2)26(19)27-25(29)18-28(21-13-8-7-9-14-21)34(30,31)22-15-16-23(32-3)24(17-22)33-4/h7-17H,5-6,18H2,1-4H3,(H,27,29). The molecule has 0 aliphatic rings. The Morgan fingerprint density at radius 1 is 0.853 bits per heavy atom. The maximum atomic E-state index is 13.7. The number of methoxy groups -OCH3 is 2. The van der Waals surface area contributed by atoms with Crippen molar-refractivity contribution in [3.63, 3.8) is 0 Å². The first-order valence-electron chi connectivity index (χ1n) is 11.1. The Labute approximate surface area is 201 Å². The van der Waals surface area contributed by atoms with Crippen LogP contribution in [0.15, 0.2) is 71.6 Å². The number of para-hydroxylation sites is 2. The summed E-state index contributed by atoms with van der Waals surface area (Å²) in [5.74, 6) is 0.266. The zero-order valence-corrected chi connectivity index (χ0v) is 20.7. The van der Waals surface area contributed by atoms with Crippen molar-refractivity contribution in [1.29, 1.82) is 0 Å². The summed E-state index contributed by atoms with van der Waals surface area (Å²) in [5, 5.41) is 2.96. The highest BCUT2D eigenvalue weighted by Gasteiger charge is 2.28. The van der Waals surface area contributed by atoms with E-state index in [-0.39, 0.29) is 17.2 Å². The lowest BCUT2D eigenvalue weighted by molar-refractivity contribution is -0.114. The molecule has 34 heavy (non-hydrogen) atoms.